The summed E-state index contributed by atoms with van der Waals surface area (Å²) in [5.74, 6) is -0.974. The van der Waals surface area contributed by atoms with Crippen LogP contribution in [-0.4, -0.2) is 42.0 Å². The fraction of sp³-hybridized carbons (Fsp3) is 0.429. The van der Waals surface area contributed by atoms with Crippen molar-refractivity contribution in [2.24, 2.45) is 0 Å². The molecule has 0 saturated carbocycles. The summed E-state index contributed by atoms with van der Waals surface area (Å²) in [6.07, 6.45) is 0.891. The predicted octanol–water partition coefficient (Wildman–Crippen LogP) is 1.34. The van der Waals surface area contributed by atoms with Crippen LogP contribution in [0.3, 0.4) is 0 Å². The van der Waals surface area contributed by atoms with Gasteiger partial charge in [-0.25, -0.2) is 0 Å². The molecule has 0 aromatic heterocycles. The lowest BCUT2D eigenvalue weighted by atomic mass is 10.1. The van der Waals surface area contributed by atoms with Crippen molar-refractivity contribution in [3.05, 3.63) is 35.4 Å². The van der Waals surface area contributed by atoms with Crippen molar-refractivity contribution < 1.29 is 14.7 Å². The maximum Gasteiger partial charge on any atom is 0.317 e. The summed E-state index contributed by atoms with van der Waals surface area (Å²) in [6.45, 7) is 3.27. The molecule has 0 heterocycles. The van der Waals surface area contributed by atoms with Crippen LogP contribution in [-0.2, 0) is 11.3 Å². The number of amides is 1. The molecule has 5 nitrogen and oxygen atoms in total. The number of hydrogen-bond acceptors (Lipinski definition) is 3. The number of carboxylic acids is 1. The van der Waals surface area contributed by atoms with E-state index in [-0.39, 0.29) is 12.5 Å². The highest BCUT2D eigenvalue weighted by atomic mass is 16.4. The number of carboxylic acid groups (broad SMARTS) is 1. The van der Waals surface area contributed by atoms with Gasteiger partial charge in [0.2, 0.25) is 0 Å². The number of hydrogen-bond donors (Lipinski definition) is 2. The van der Waals surface area contributed by atoms with Gasteiger partial charge in [0.05, 0.1) is 6.54 Å². The van der Waals surface area contributed by atoms with Gasteiger partial charge in [0.1, 0.15) is 0 Å². The summed E-state index contributed by atoms with van der Waals surface area (Å²) in [7, 11) is 1.59. The largest absolute Gasteiger partial charge is 0.480 e. The van der Waals surface area contributed by atoms with Crippen LogP contribution >= 0.6 is 0 Å². The Hall–Kier alpha value is -1.88. The van der Waals surface area contributed by atoms with E-state index in [2.05, 4.69) is 5.32 Å². The zero-order valence-corrected chi connectivity index (χ0v) is 11.3. The number of benzene rings is 1. The highest BCUT2D eigenvalue weighted by molar-refractivity contribution is 5.94. The van der Waals surface area contributed by atoms with E-state index in [9.17, 15) is 9.59 Å². The minimum atomic E-state index is -0.837. The maximum absolute atomic E-state index is 11.5. The number of aliphatic carboxylic acids is 1. The molecule has 1 aromatic rings. The second kappa shape index (κ2) is 7.53. The number of carbonyl (C=O) groups excluding carboxylic acids is 1. The van der Waals surface area contributed by atoms with Gasteiger partial charge in [0.25, 0.3) is 5.91 Å². The lowest BCUT2D eigenvalue weighted by Crippen LogP contribution is -2.30. The lowest BCUT2D eigenvalue weighted by Gasteiger charge is -2.19. The molecule has 1 amide bonds. The van der Waals surface area contributed by atoms with Crippen LogP contribution in [0.15, 0.2) is 24.3 Å². The van der Waals surface area contributed by atoms with Gasteiger partial charge in [-0.1, -0.05) is 19.1 Å². The molecule has 0 aliphatic rings. The van der Waals surface area contributed by atoms with Gasteiger partial charge < -0.3 is 10.4 Å². The first-order valence-corrected chi connectivity index (χ1v) is 6.32. The van der Waals surface area contributed by atoms with E-state index < -0.39 is 5.97 Å². The molecule has 0 bridgehead atoms. The van der Waals surface area contributed by atoms with Crippen LogP contribution in [0.2, 0.25) is 0 Å². The second-order valence-electron chi connectivity index (χ2n) is 4.38. The van der Waals surface area contributed by atoms with Crippen molar-refractivity contribution in [3.8, 4) is 0 Å². The van der Waals surface area contributed by atoms with Gasteiger partial charge in [-0.2, -0.15) is 0 Å². The van der Waals surface area contributed by atoms with E-state index in [1.807, 2.05) is 24.0 Å². The number of rotatable bonds is 7. The number of carbonyl (C=O) groups is 2. The smallest absolute Gasteiger partial charge is 0.317 e. The second-order valence-corrected chi connectivity index (χ2v) is 4.38. The Bertz CT molecular complexity index is 446. The molecule has 1 aromatic carbocycles. The van der Waals surface area contributed by atoms with Crippen LogP contribution in [0, 0.1) is 0 Å². The summed E-state index contributed by atoms with van der Waals surface area (Å²) in [6, 6.07) is 7.24. The van der Waals surface area contributed by atoms with Gasteiger partial charge in [0.15, 0.2) is 0 Å². The average Bonchev–Trinajstić information content (AvgIpc) is 2.37. The molecular formula is C14H20N2O3. The molecule has 0 saturated heterocycles. The quantitative estimate of drug-likeness (QED) is 0.780. The zero-order chi connectivity index (χ0) is 14.3. The summed E-state index contributed by atoms with van der Waals surface area (Å²) >= 11 is 0. The van der Waals surface area contributed by atoms with Gasteiger partial charge in [-0.3, -0.25) is 14.5 Å². The van der Waals surface area contributed by atoms with Gasteiger partial charge >= 0.3 is 5.97 Å². The molecule has 2 N–H and O–H groups in total. The molecule has 0 unspecified atom stereocenters. The Morgan fingerprint density at radius 2 is 2.11 bits per heavy atom. The van der Waals surface area contributed by atoms with E-state index in [0.29, 0.717) is 12.1 Å². The topological polar surface area (TPSA) is 69.6 Å². The van der Waals surface area contributed by atoms with Crippen molar-refractivity contribution >= 4 is 11.9 Å². The van der Waals surface area contributed by atoms with Crippen molar-refractivity contribution in [1.29, 1.82) is 0 Å². The average molecular weight is 264 g/mol. The zero-order valence-electron chi connectivity index (χ0n) is 11.3. The molecule has 0 spiro atoms. The van der Waals surface area contributed by atoms with Gasteiger partial charge in [-0.05, 0) is 30.7 Å². The summed E-state index contributed by atoms with van der Waals surface area (Å²) in [5, 5.41) is 11.4. The van der Waals surface area contributed by atoms with Crippen LogP contribution in [0.5, 0.6) is 0 Å². The van der Waals surface area contributed by atoms with Gasteiger partial charge in [0, 0.05) is 19.2 Å². The van der Waals surface area contributed by atoms with Crippen LogP contribution in [0.25, 0.3) is 0 Å². The normalized spacial score (nSPS) is 10.5. The van der Waals surface area contributed by atoms with E-state index in [1.54, 1.807) is 19.2 Å². The summed E-state index contributed by atoms with van der Waals surface area (Å²) in [5.41, 5.74) is 1.53. The Kier molecular flexibility index (Phi) is 6.02. The van der Waals surface area contributed by atoms with Crippen LogP contribution < -0.4 is 5.32 Å². The minimum Gasteiger partial charge on any atom is -0.480 e. The molecule has 5 heteroatoms. The third-order valence-corrected chi connectivity index (χ3v) is 2.72. The monoisotopic (exact) mass is 264 g/mol. The Labute approximate surface area is 113 Å². The van der Waals surface area contributed by atoms with Gasteiger partial charge in [-0.15, -0.1) is 0 Å². The van der Waals surface area contributed by atoms with Crippen molar-refractivity contribution in [2.75, 3.05) is 20.1 Å². The predicted molar refractivity (Wildman–Crippen MR) is 73.0 cm³/mol. The van der Waals surface area contributed by atoms with Crippen molar-refractivity contribution in [3.63, 3.8) is 0 Å². The fourth-order valence-electron chi connectivity index (χ4n) is 1.93. The van der Waals surface area contributed by atoms with E-state index in [1.165, 1.54) is 0 Å². The molecular weight excluding hydrogens is 244 g/mol. The highest BCUT2D eigenvalue weighted by Crippen LogP contribution is 2.09. The standard InChI is InChI=1S/C14H20N2O3/c1-3-7-16(10-13(17)18)9-11-5-4-6-12(8-11)14(19)15-2/h4-6,8H,3,7,9-10H2,1-2H3,(H,15,19)(H,17,18). The fourth-order valence-corrected chi connectivity index (χ4v) is 1.93. The molecule has 0 aliphatic heterocycles. The first-order valence-electron chi connectivity index (χ1n) is 6.32. The van der Waals surface area contributed by atoms with E-state index in [4.69, 9.17) is 5.11 Å². The Morgan fingerprint density at radius 1 is 1.37 bits per heavy atom. The Balaban J connectivity index is 2.78. The molecule has 0 radical (unpaired) electrons. The molecule has 0 fully saturated rings. The van der Waals surface area contributed by atoms with E-state index in [0.717, 1.165) is 18.5 Å². The van der Waals surface area contributed by atoms with Crippen molar-refractivity contribution in [2.45, 2.75) is 19.9 Å². The molecule has 19 heavy (non-hydrogen) atoms. The molecule has 1 rings (SSSR count). The van der Waals surface area contributed by atoms with E-state index >= 15 is 0 Å². The maximum atomic E-state index is 11.5. The first-order chi connectivity index (χ1) is 9.06. The Morgan fingerprint density at radius 3 is 2.68 bits per heavy atom. The van der Waals surface area contributed by atoms with Crippen LogP contribution in [0.4, 0.5) is 0 Å². The first kappa shape index (κ1) is 15.2. The third-order valence-electron chi connectivity index (χ3n) is 2.72. The number of nitrogens with zero attached hydrogens (tertiary/aromatic N) is 1. The number of nitrogens with one attached hydrogen (secondary N) is 1. The highest BCUT2D eigenvalue weighted by Gasteiger charge is 2.10. The summed E-state index contributed by atoms with van der Waals surface area (Å²) in [4.78, 5) is 24.2. The SMILES string of the molecule is CCCN(CC(=O)O)Cc1cccc(C(=O)NC)c1. The molecule has 0 atom stereocenters. The molecule has 104 valence electrons. The minimum absolute atomic E-state index is 0.0119. The summed E-state index contributed by atoms with van der Waals surface area (Å²) < 4.78 is 0. The third kappa shape index (κ3) is 5.09. The van der Waals surface area contributed by atoms with Crippen LogP contribution in [0.1, 0.15) is 29.3 Å². The lowest BCUT2D eigenvalue weighted by molar-refractivity contribution is -0.138. The van der Waals surface area contributed by atoms with Crippen molar-refractivity contribution in [1.82, 2.24) is 10.2 Å². The molecule has 0 aliphatic carbocycles.